The summed E-state index contributed by atoms with van der Waals surface area (Å²) in [6, 6.07) is 18.3. The van der Waals surface area contributed by atoms with E-state index in [2.05, 4.69) is 5.32 Å². The first kappa shape index (κ1) is 37.6. The molecule has 16 nitrogen and oxygen atoms in total. The Labute approximate surface area is 340 Å². The Morgan fingerprint density at radius 3 is 2.25 bits per heavy atom. The van der Waals surface area contributed by atoms with Crippen molar-refractivity contribution >= 4 is 64.2 Å². The van der Waals surface area contributed by atoms with E-state index in [1.54, 1.807) is 30.3 Å². The van der Waals surface area contributed by atoms with Gasteiger partial charge in [0.05, 0.1) is 12.1 Å². The van der Waals surface area contributed by atoms with Gasteiger partial charge < -0.3 is 44.5 Å². The third kappa shape index (κ3) is 6.10. The summed E-state index contributed by atoms with van der Waals surface area (Å²) < 4.78 is 17.3. The molecule has 2 atom stereocenters. The molecular weight excluding hydrogens is 807 g/mol. The lowest BCUT2D eigenvalue weighted by Crippen LogP contribution is -2.71. The number of carbonyl (C=O) groups is 5. The first-order valence-electron chi connectivity index (χ1n) is 17.8. The van der Waals surface area contributed by atoms with Crippen LogP contribution in [0.2, 0.25) is 0 Å². The summed E-state index contributed by atoms with van der Waals surface area (Å²) in [5.74, 6) is -3.54. The lowest BCUT2D eigenvalue weighted by atomic mass is 9.77. The summed E-state index contributed by atoms with van der Waals surface area (Å²) in [6.07, 6.45) is 0. The minimum Gasteiger partial charge on any atom is -0.508 e. The lowest BCUT2D eigenvalue weighted by Gasteiger charge is -2.49. The van der Waals surface area contributed by atoms with Crippen molar-refractivity contribution in [3.05, 3.63) is 128 Å². The molecule has 0 unspecified atom stereocenters. The quantitative estimate of drug-likeness (QED) is 0.0642. The molecular formula is C41H29N3O13S2. The number of benzene rings is 4. The third-order valence-corrected chi connectivity index (χ3v) is 12.8. The lowest BCUT2D eigenvalue weighted by molar-refractivity contribution is -0.150. The maximum atomic E-state index is 13.6. The van der Waals surface area contributed by atoms with Gasteiger partial charge in [-0.1, -0.05) is 6.07 Å². The number of ether oxygens (including phenoxy) is 2. The number of nitrogens with one attached hydrogen (secondary N) is 1. The summed E-state index contributed by atoms with van der Waals surface area (Å²) in [6.45, 7) is -0.522. The summed E-state index contributed by atoms with van der Waals surface area (Å²) in [7, 11) is 1.30. The zero-order chi connectivity index (χ0) is 41.5. The summed E-state index contributed by atoms with van der Waals surface area (Å²) >= 11 is 2.52. The van der Waals surface area contributed by atoms with Crippen LogP contribution in [-0.4, -0.2) is 96.4 Å². The van der Waals surface area contributed by atoms with Gasteiger partial charge in [-0.15, -0.1) is 23.5 Å². The highest BCUT2D eigenvalue weighted by Gasteiger charge is 2.55. The van der Waals surface area contributed by atoms with Gasteiger partial charge in [-0.05, 0) is 60.2 Å². The second-order valence-corrected chi connectivity index (χ2v) is 16.2. The number of thioether (sulfide) groups is 2. The number of carboxylic acid groups (broad SMARTS) is 1. The van der Waals surface area contributed by atoms with Crippen LogP contribution in [0.3, 0.4) is 0 Å². The summed E-state index contributed by atoms with van der Waals surface area (Å²) in [4.78, 5) is 80.9. The van der Waals surface area contributed by atoms with E-state index in [-0.39, 0.29) is 62.7 Å². The van der Waals surface area contributed by atoms with Gasteiger partial charge in [0, 0.05) is 63.7 Å². The normalized spacial score (nSPS) is 18.2. The van der Waals surface area contributed by atoms with Gasteiger partial charge in [0.2, 0.25) is 5.91 Å². The maximum Gasteiger partial charge on any atom is 0.352 e. The highest BCUT2D eigenvalue weighted by Crippen LogP contribution is 2.57. The average molecular weight is 836 g/mol. The molecule has 5 heterocycles. The van der Waals surface area contributed by atoms with E-state index in [1.165, 1.54) is 79.1 Å². The first-order valence-corrected chi connectivity index (χ1v) is 19.8. The third-order valence-electron chi connectivity index (χ3n) is 10.4. The highest BCUT2D eigenvalue weighted by atomic mass is 32.2. The number of fused-ring (bicyclic) bond motifs is 8. The van der Waals surface area contributed by atoms with Crippen molar-refractivity contribution in [3.8, 4) is 28.7 Å². The van der Waals surface area contributed by atoms with Crippen molar-refractivity contribution < 1.29 is 58.3 Å². The fourth-order valence-corrected chi connectivity index (χ4v) is 10.1. The maximum absolute atomic E-state index is 13.6. The zero-order valence-electron chi connectivity index (χ0n) is 30.5. The second-order valence-electron chi connectivity index (χ2n) is 14.1. The van der Waals surface area contributed by atoms with Crippen LogP contribution < -0.4 is 15.7 Å². The minimum atomic E-state index is -1.44. The molecule has 0 bridgehead atoms. The van der Waals surface area contributed by atoms with Gasteiger partial charge in [0.1, 0.15) is 57.0 Å². The Bertz CT molecular complexity index is 2770. The number of hydrogen-bond donors (Lipinski definition) is 5. The molecule has 18 heteroatoms. The molecule has 1 aromatic heterocycles. The molecule has 9 rings (SSSR count). The Balaban J connectivity index is 0.895. The van der Waals surface area contributed by atoms with Crippen molar-refractivity contribution in [3.63, 3.8) is 0 Å². The van der Waals surface area contributed by atoms with E-state index >= 15 is 0 Å². The number of nitrogens with zero attached hydrogens (tertiary/aromatic N) is 2. The van der Waals surface area contributed by atoms with Gasteiger partial charge in [0.25, 0.3) is 11.8 Å². The zero-order valence-corrected chi connectivity index (χ0v) is 32.1. The van der Waals surface area contributed by atoms with Gasteiger partial charge in [-0.25, -0.2) is 14.4 Å². The molecule has 5 N–H and O–H groups in total. The summed E-state index contributed by atoms with van der Waals surface area (Å²) in [5.41, 5.74) is -0.721. The van der Waals surface area contributed by atoms with E-state index < -0.39 is 58.8 Å². The molecule has 0 aliphatic carbocycles. The molecule has 5 aromatic rings. The Morgan fingerprint density at radius 2 is 1.56 bits per heavy atom. The predicted molar refractivity (Wildman–Crippen MR) is 210 cm³/mol. The molecule has 59 heavy (non-hydrogen) atoms. The van der Waals surface area contributed by atoms with Crippen LogP contribution in [0.5, 0.6) is 28.7 Å². The van der Waals surface area contributed by atoms with E-state index in [1.807, 2.05) is 0 Å². The second kappa shape index (κ2) is 13.9. The van der Waals surface area contributed by atoms with Crippen molar-refractivity contribution in [2.75, 3.05) is 25.1 Å². The van der Waals surface area contributed by atoms with Gasteiger partial charge >= 0.3 is 17.6 Å². The number of rotatable bonds is 8. The number of carboxylic acids is 1. The number of aliphatic carboxylic acids is 1. The van der Waals surface area contributed by atoms with Crippen LogP contribution in [0.4, 0.5) is 0 Å². The Kier molecular flexibility index (Phi) is 8.85. The molecule has 0 saturated carbocycles. The highest BCUT2D eigenvalue weighted by molar-refractivity contribution is 8.01. The Hall–Kier alpha value is -6.92. The molecule has 1 saturated heterocycles. The molecule has 4 aliphatic heterocycles. The number of phenolic OH excluding ortho intramolecular Hbond substituents is 3. The number of esters is 1. The van der Waals surface area contributed by atoms with Gasteiger partial charge in [-0.3, -0.25) is 19.3 Å². The number of hydrogen-bond acceptors (Lipinski definition) is 14. The first-order chi connectivity index (χ1) is 28.2. The molecule has 4 aliphatic rings. The van der Waals surface area contributed by atoms with Crippen LogP contribution in [-0.2, 0) is 24.7 Å². The minimum absolute atomic E-state index is 0.0715. The fourth-order valence-electron chi connectivity index (χ4n) is 7.70. The van der Waals surface area contributed by atoms with E-state index in [9.17, 15) is 49.2 Å². The van der Waals surface area contributed by atoms with Gasteiger partial charge in [0.15, 0.2) is 5.60 Å². The molecule has 3 amide bonds. The SMILES string of the molecule is CN(CC(=O)N[C@@H]1C(=O)N2C(C(=O)O)=C(CSc3ccc4c(c3)C(=O)OC43c4ccc(O)cc4Oc4cc(O)ccc43)CS[C@H]12)C(=O)c1cc2ccc(O)cc2oc1=O. The molecule has 1 spiro atoms. The van der Waals surface area contributed by atoms with Crippen LogP contribution >= 0.6 is 23.5 Å². The smallest absolute Gasteiger partial charge is 0.352 e. The van der Waals surface area contributed by atoms with Crippen molar-refractivity contribution in [2.45, 2.75) is 21.9 Å². The van der Waals surface area contributed by atoms with Crippen LogP contribution in [0.25, 0.3) is 11.0 Å². The van der Waals surface area contributed by atoms with Crippen molar-refractivity contribution in [2.24, 2.45) is 0 Å². The topological polar surface area (TPSA) is 233 Å². The number of amides is 3. The predicted octanol–water partition coefficient (Wildman–Crippen LogP) is 4.08. The molecule has 298 valence electrons. The molecule has 4 aromatic carbocycles. The fraction of sp³-hybridized carbons (Fsp3) is 0.171. The Morgan fingerprint density at radius 1 is 0.898 bits per heavy atom. The molecule has 1 fully saturated rings. The summed E-state index contributed by atoms with van der Waals surface area (Å²) in [5, 5.41) is 42.5. The van der Waals surface area contributed by atoms with E-state index in [0.29, 0.717) is 32.5 Å². The number of phenols is 3. The standard InChI is InChI=1S/C41H29N3O13S2/c1-43(35(49)25-10-18-2-3-20(45)11-29(18)56-39(25)53)15-32(48)42-33-36(50)44-34(38(51)52)19(17-59-37(33)44)16-58-23-6-9-26-24(14-23)40(54)57-41(26)27-7-4-21(46)12-30(27)55-31-13-22(47)5-8-28(31)41/h2-14,33,37,45-47H,15-17H2,1H3,(H,42,48)(H,51,52)/t33-,37-/m1/s1. The number of aromatic hydroxyl groups is 3. The molecule has 0 radical (unpaired) electrons. The number of β-lactam (4-membered cyclic amide) rings is 1. The number of carbonyl (C=O) groups excluding carboxylic acids is 4. The largest absolute Gasteiger partial charge is 0.508 e. The van der Waals surface area contributed by atoms with Crippen molar-refractivity contribution in [1.29, 1.82) is 0 Å². The van der Waals surface area contributed by atoms with E-state index in [4.69, 9.17) is 13.9 Å². The number of likely N-dealkylation sites (N-methyl/N-ethyl adjacent to an activating group) is 1. The average Bonchev–Trinajstić information content (AvgIpc) is 3.48. The van der Waals surface area contributed by atoms with Crippen LogP contribution in [0.1, 0.15) is 37.4 Å². The van der Waals surface area contributed by atoms with Crippen LogP contribution in [0, 0.1) is 0 Å². The monoisotopic (exact) mass is 835 g/mol. The van der Waals surface area contributed by atoms with Crippen molar-refractivity contribution in [1.82, 2.24) is 15.1 Å². The van der Waals surface area contributed by atoms with Gasteiger partial charge in [-0.2, -0.15) is 0 Å². The van der Waals surface area contributed by atoms with E-state index in [0.717, 1.165) is 9.80 Å². The van der Waals surface area contributed by atoms with Crippen LogP contribution in [0.15, 0.2) is 104 Å².